The summed E-state index contributed by atoms with van der Waals surface area (Å²) in [7, 11) is 0. The number of benzene rings is 2. The summed E-state index contributed by atoms with van der Waals surface area (Å²) in [4.78, 5) is 16.4. The largest absolute Gasteiger partial charge is 0.475 e. The van der Waals surface area contributed by atoms with Crippen molar-refractivity contribution in [1.82, 2.24) is 14.8 Å². The van der Waals surface area contributed by atoms with Crippen LogP contribution in [0, 0.1) is 5.82 Å². The maximum atomic E-state index is 13.1. The van der Waals surface area contributed by atoms with Crippen LogP contribution < -0.4 is 0 Å². The monoisotopic (exact) mass is 329 g/mol. The fourth-order valence-corrected chi connectivity index (χ4v) is 2.50. The van der Waals surface area contributed by atoms with Gasteiger partial charge in [0.15, 0.2) is 5.82 Å². The van der Waals surface area contributed by atoms with E-state index in [4.69, 9.17) is 5.11 Å². The van der Waals surface area contributed by atoms with Crippen LogP contribution in [0.25, 0.3) is 17.1 Å². The van der Waals surface area contributed by atoms with Gasteiger partial charge in [-0.05, 0) is 42.7 Å². The van der Waals surface area contributed by atoms with Gasteiger partial charge in [-0.2, -0.15) is 0 Å². The van der Waals surface area contributed by atoms with E-state index in [0.717, 1.165) is 10.5 Å². The van der Waals surface area contributed by atoms with Crippen molar-refractivity contribution in [2.24, 2.45) is 0 Å². The van der Waals surface area contributed by atoms with Gasteiger partial charge in [-0.25, -0.2) is 18.9 Å². The van der Waals surface area contributed by atoms with Crippen molar-refractivity contribution in [3.63, 3.8) is 0 Å². The minimum atomic E-state index is -1.21. The normalized spacial score (nSPS) is 10.7. The molecular formula is C16H12FN3O2S. The zero-order chi connectivity index (χ0) is 16.4. The van der Waals surface area contributed by atoms with E-state index in [0.29, 0.717) is 11.5 Å². The Balaban J connectivity index is 2.13. The van der Waals surface area contributed by atoms with Gasteiger partial charge in [0.25, 0.3) is 5.82 Å². The summed E-state index contributed by atoms with van der Waals surface area (Å²) in [5.41, 5.74) is 1.27. The van der Waals surface area contributed by atoms with Crippen molar-refractivity contribution in [2.45, 2.75) is 4.90 Å². The molecule has 23 heavy (non-hydrogen) atoms. The first-order valence-electron chi connectivity index (χ1n) is 6.69. The predicted octanol–water partition coefficient (Wildman–Crippen LogP) is 3.49. The average molecular weight is 329 g/mol. The molecule has 116 valence electrons. The second kappa shape index (κ2) is 6.21. The zero-order valence-electron chi connectivity index (χ0n) is 12.1. The topological polar surface area (TPSA) is 68.0 Å². The Kier molecular flexibility index (Phi) is 4.12. The number of rotatable bonds is 4. The molecule has 0 spiro atoms. The maximum Gasteiger partial charge on any atom is 0.375 e. The lowest BCUT2D eigenvalue weighted by atomic mass is 10.2. The maximum absolute atomic E-state index is 13.1. The summed E-state index contributed by atoms with van der Waals surface area (Å²) in [6.45, 7) is 0. The molecule has 0 unspecified atom stereocenters. The molecule has 0 aliphatic heterocycles. The van der Waals surface area contributed by atoms with Gasteiger partial charge in [0.2, 0.25) is 0 Å². The number of carbonyl (C=O) groups is 1. The lowest BCUT2D eigenvalue weighted by Gasteiger charge is -2.06. The first kappa shape index (κ1) is 15.2. The zero-order valence-corrected chi connectivity index (χ0v) is 12.9. The fraction of sp³-hybridized carbons (Fsp3) is 0.0625. The Morgan fingerprint density at radius 2 is 1.78 bits per heavy atom. The average Bonchev–Trinajstić information content (AvgIpc) is 3.01. The van der Waals surface area contributed by atoms with Crippen LogP contribution in [0.4, 0.5) is 4.39 Å². The minimum absolute atomic E-state index is 0.307. The molecule has 0 amide bonds. The van der Waals surface area contributed by atoms with E-state index in [2.05, 4.69) is 10.1 Å². The summed E-state index contributed by atoms with van der Waals surface area (Å²) in [6, 6.07) is 13.2. The third-order valence-corrected chi connectivity index (χ3v) is 3.96. The Labute approximate surface area is 135 Å². The van der Waals surface area contributed by atoms with Crippen LogP contribution in [0.2, 0.25) is 0 Å². The van der Waals surface area contributed by atoms with E-state index in [9.17, 15) is 9.18 Å². The van der Waals surface area contributed by atoms with Gasteiger partial charge in [-0.3, -0.25) is 0 Å². The SMILES string of the molecule is CSc1ccc(-c2nc(C(=O)O)nn2-c2ccc(F)cc2)cc1. The van der Waals surface area contributed by atoms with Crippen LogP contribution >= 0.6 is 11.8 Å². The summed E-state index contributed by atoms with van der Waals surface area (Å²) < 4.78 is 14.5. The van der Waals surface area contributed by atoms with Gasteiger partial charge in [-0.15, -0.1) is 16.9 Å². The molecule has 0 fully saturated rings. The number of carboxylic acid groups (broad SMARTS) is 1. The van der Waals surface area contributed by atoms with Gasteiger partial charge in [0.1, 0.15) is 5.82 Å². The van der Waals surface area contributed by atoms with Crippen molar-refractivity contribution in [3.8, 4) is 17.1 Å². The molecule has 3 aromatic rings. The van der Waals surface area contributed by atoms with Crippen molar-refractivity contribution < 1.29 is 14.3 Å². The lowest BCUT2D eigenvalue weighted by Crippen LogP contribution is -2.02. The van der Waals surface area contributed by atoms with E-state index >= 15 is 0 Å². The number of hydrogen-bond donors (Lipinski definition) is 1. The molecule has 1 aromatic heterocycles. The quantitative estimate of drug-likeness (QED) is 0.742. The third-order valence-electron chi connectivity index (χ3n) is 3.22. The molecule has 0 aliphatic rings. The fourth-order valence-electron chi connectivity index (χ4n) is 2.09. The lowest BCUT2D eigenvalue weighted by molar-refractivity contribution is 0.0683. The molecule has 3 rings (SSSR count). The van der Waals surface area contributed by atoms with Crippen molar-refractivity contribution >= 4 is 17.7 Å². The molecule has 2 aromatic carbocycles. The van der Waals surface area contributed by atoms with E-state index in [1.807, 2.05) is 30.5 Å². The van der Waals surface area contributed by atoms with Crippen LogP contribution in [0.5, 0.6) is 0 Å². The number of halogens is 1. The molecule has 5 nitrogen and oxygen atoms in total. The molecule has 0 saturated carbocycles. The molecule has 1 heterocycles. The number of nitrogens with zero attached hydrogens (tertiary/aromatic N) is 3. The van der Waals surface area contributed by atoms with Gasteiger partial charge < -0.3 is 5.11 Å². The smallest absolute Gasteiger partial charge is 0.375 e. The highest BCUT2D eigenvalue weighted by Gasteiger charge is 2.18. The Hall–Kier alpha value is -2.67. The highest BCUT2D eigenvalue weighted by atomic mass is 32.2. The summed E-state index contributed by atoms with van der Waals surface area (Å²) in [6.07, 6.45) is 1.97. The van der Waals surface area contributed by atoms with Gasteiger partial charge in [0.05, 0.1) is 5.69 Å². The highest BCUT2D eigenvalue weighted by molar-refractivity contribution is 7.98. The van der Waals surface area contributed by atoms with E-state index in [-0.39, 0.29) is 11.6 Å². The summed E-state index contributed by atoms with van der Waals surface area (Å²) >= 11 is 1.61. The van der Waals surface area contributed by atoms with Crippen molar-refractivity contribution in [3.05, 3.63) is 60.2 Å². The minimum Gasteiger partial charge on any atom is -0.475 e. The molecular weight excluding hydrogens is 317 g/mol. The third kappa shape index (κ3) is 3.09. The first-order chi connectivity index (χ1) is 11.1. The Morgan fingerprint density at radius 3 is 2.35 bits per heavy atom. The van der Waals surface area contributed by atoms with E-state index in [1.165, 1.54) is 28.9 Å². The van der Waals surface area contributed by atoms with Crippen LogP contribution in [0.15, 0.2) is 53.4 Å². The molecule has 7 heteroatoms. The first-order valence-corrected chi connectivity index (χ1v) is 7.91. The number of aromatic carboxylic acids is 1. The standard InChI is InChI=1S/C16H12FN3O2S/c1-23-13-8-2-10(3-9-13)15-18-14(16(21)22)19-20(15)12-6-4-11(17)5-7-12/h2-9H,1H3,(H,21,22). The summed E-state index contributed by atoms with van der Waals surface area (Å²) in [5, 5.41) is 13.1. The molecule has 0 aliphatic carbocycles. The van der Waals surface area contributed by atoms with Crippen LogP contribution in [-0.2, 0) is 0 Å². The van der Waals surface area contributed by atoms with Crippen molar-refractivity contribution in [1.29, 1.82) is 0 Å². The van der Waals surface area contributed by atoms with Crippen LogP contribution in [-0.4, -0.2) is 32.1 Å². The van der Waals surface area contributed by atoms with Crippen molar-refractivity contribution in [2.75, 3.05) is 6.26 Å². The van der Waals surface area contributed by atoms with E-state index < -0.39 is 5.97 Å². The van der Waals surface area contributed by atoms with Crippen LogP contribution in [0.3, 0.4) is 0 Å². The highest BCUT2D eigenvalue weighted by Crippen LogP contribution is 2.24. The number of aromatic nitrogens is 3. The van der Waals surface area contributed by atoms with Gasteiger partial charge >= 0.3 is 5.97 Å². The number of thioether (sulfide) groups is 1. The molecule has 0 bridgehead atoms. The second-order valence-electron chi connectivity index (χ2n) is 4.68. The number of carboxylic acids is 1. The molecule has 0 saturated heterocycles. The second-order valence-corrected chi connectivity index (χ2v) is 5.56. The Bertz CT molecular complexity index is 845. The van der Waals surface area contributed by atoms with Gasteiger partial charge in [-0.1, -0.05) is 12.1 Å². The molecule has 0 atom stereocenters. The predicted molar refractivity (Wildman–Crippen MR) is 85.5 cm³/mol. The van der Waals surface area contributed by atoms with E-state index in [1.54, 1.807) is 11.8 Å². The van der Waals surface area contributed by atoms with Gasteiger partial charge in [0, 0.05) is 10.5 Å². The molecule has 1 N–H and O–H groups in total. The molecule has 0 radical (unpaired) electrons. The summed E-state index contributed by atoms with van der Waals surface area (Å²) in [5.74, 6) is -1.51. The van der Waals surface area contributed by atoms with Crippen LogP contribution in [0.1, 0.15) is 10.6 Å². The Morgan fingerprint density at radius 1 is 1.13 bits per heavy atom. The number of hydrogen-bond acceptors (Lipinski definition) is 4.